The molecule has 5 nitrogen and oxygen atoms in total. The highest BCUT2D eigenvalue weighted by molar-refractivity contribution is 7.08. The van der Waals surface area contributed by atoms with Crippen molar-refractivity contribution in [3.8, 4) is 0 Å². The van der Waals surface area contributed by atoms with Crippen LogP contribution in [0.15, 0.2) is 35.2 Å². The van der Waals surface area contributed by atoms with Gasteiger partial charge >= 0.3 is 0 Å². The minimum atomic E-state index is 0.147. The number of fused-ring (bicyclic) bond motifs is 1. The van der Waals surface area contributed by atoms with Crippen molar-refractivity contribution in [3.63, 3.8) is 0 Å². The predicted molar refractivity (Wildman–Crippen MR) is 103 cm³/mol. The van der Waals surface area contributed by atoms with Crippen molar-refractivity contribution in [3.05, 3.63) is 46.5 Å². The van der Waals surface area contributed by atoms with Crippen LogP contribution >= 0.6 is 11.3 Å². The molecule has 1 aliphatic heterocycles. The lowest BCUT2D eigenvalue weighted by Gasteiger charge is -2.20. The second-order valence-corrected chi connectivity index (χ2v) is 8.15. The molecule has 2 aliphatic rings. The number of hydrogen-bond donors (Lipinski definition) is 0. The molecule has 0 spiro atoms. The number of nitrogens with zero attached hydrogens (tertiary/aromatic N) is 4. The maximum atomic E-state index is 12.7. The fourth-order valence-corrected chi connectivity index (χ4v) is 5.11. The second-order valence-electron chi connectivity index (χ2n) is 7.37. The molecule has 1 amide bonds. The molecule has 1 saturated carbocycles. The van der Waals surface area contributed by atoms with Crippen LogP contribution in [0.4, 0.5) is 0 Å². The smallest absolute Gasteiger partial charge is 0.254 e. The van der Waals surface area contributed by atoms with Gasteiger partial charge in [-0.15, -0.1) is 0 Å². The lowest BCUT2D eigenvalue weighted by atomic mass is 10.1. The van der Waals surface area contributed by atoms with E-state index in [1.54, 1.807) is 11.3 Å². The SMILES string of the molecule is O=C(c1ccsc1)N1CCC(n2c(C3CCCC3)nc3cccnc32)C1. The summed E-state index contributed by atoms with van der Waals surface area (Å²) in [5.74, 6) is 1.87. The van der Waals surface area contributed by atoms with E-state index in [0.29, 0.717) is 5.92 Å². The zero-order chi connectivity index (χ0) is 17.5. The van der Waals surface area contributed by atoms with E-state index in [9.17, 15) is 4.79 Å². The first kappa shape index (κ1) is 16.0. The highest BCUT2D eigenvalue weighted by Crippen LogP contribution is 2.38. The van der Waals surface area contributed by atoms with Crippen molar-refractivity contribution in [2.45, 2.75) is 44.1 Å². The zero-order valence-corrected chi connectivity index (χ0v) is 15.5. The number of thiophene rings is 1. The molecule has 26 heavy (non-hydrogen) atoms. The quantitative estimate of drug-likeness (QED) is 0.697. The maximum absolute atomic E-state index is 12.7. The van der Waals surface area contributed by atoms with Crippen LogP contribution in [-0.2, 0) is 0 Å². The van der Waals surface area contributed by atoms with Gasteiger partial charge in [0.1, 0.15) is 11.3 Å². The van der Waals surface area contributed by atoms with Gasteiger partial charge in [-0.3, -0.25) is 4.79 Å². The molecule has 3 aromatic rings. The summed E-state index contributed by atoms with van der Waals surface area (Å²) in [5.41, 5.74) is 2.77. The summed E-state index contributed by atoms with van der Waals surface area (Å²) >= 11 is 1.57. The molecule has 3 aromatic heterocycles. The maximum Gasteiger partial charge on any atom is 0.254 e. The number of amides is 1. The summed E-state index contributed by atoms with van der Waals surface area (Å²) in [6, 6.07) is 6.20. The Labute approximate surface area is 156 Å². The van der Waals surface area contributed by atoms with Crippen molar-refractivity contribution >= 4 is 28.4 Å². The third-order valence-corrected chi connectivity index (χ3v) is 6.46. The summed E-state index contributed by atoms with van der Waals surface area (Å²) < 4.78 is 2.35. The molecular weight excluding hydrogens is 344 g/mol. The molecule has 2 fully saturated rings. The van der Waals surface area contributed by atoms with E-state index in [1.165, 1.54) is 31.5 Å². The first-order valence-electron chi connectivity index (χ1n) is 9.45. The van der Waals surface area contributed by atoms with Crippen LogP contribution in [0.3, 0.4) is 0 Å². The van der Waals surface area contributed by atoms with Gasteiger partial charge in [0.05, 0.1) is 11.6 Å². The summed E-state index contributed by atoms with van der Waals surface area (Å²) in [5, 5.41) is 3.90. The standard InChI is InChI=1S/C20H22N4OS/c25-20(15-8-11-26-13-15)23-10-7-16(12-23)24-18(14-4-1-2-5-14)22-17-6-3-9-21-19(17)24/h3,6,8-9,11,13-14,16H,1-2,4-5,7,10,12H2. The first-order chi connectivity index (χ1) is 12.8. The van der Waals surface area contributed by atoms with Gasteiger partial charge in [0.25, 0.3) is 5.91 Å². The van der Waals surface area contributed by atoms with Crippen molar-refractivity contribution in [1.82, 2.24) is 19.4 Å². The summed E-state index contributed by atoms with van der Waals surface area (Å²) in [7, 11) is 0. The number of pyridine rings is 1. The molecule has 0 bridgehead atoms. The lowest BCUT2D eigenvalue weighted by molar-refractivity contribution is 0.0788. The average molecular weight is 366 g/mol. The molecule has 0 aromatic carbocycles. The fourth-order valence-electron chi connectivity index (χ4n) is 4.48. The van der Waals surface area contributed by atoms with Gasteiger partial charge in [0.2, 0.25) is 0 Å². The van der Waals surface area contributed by atoms with Gasteiger partial charge in [-0.1, -0.05) is 12.8 Å². The summed E-state index contributed by atoms with van der Waals surface area (Å²) in [6.07, 6.45) is 7.82. The topological polar surface area (TPSA) is 51.0 Å². The third kappa shape index (κ3) is 2.63. The molecule has 1 atom stereocenters. The Morgan fingerprint density at radius 2 is 2.08 bits per heavy atom. The largest absolute Gasteiger partial charge is 0.336 e. The molecule has 134 valence electrons. The molecule has 4 heterocycles. The van der Waals surface area contributed by atoms with Crippen LogP contribution in [0, 0.1) is 0 Å². The van der Waals surface area contributed by atoms with E-state index in [-0.39, 0.29) is 11.9 Å². The van der Waals surface area contributed by atoms with E-state index in [0.717, 1.165) is 36.2 Å². The minimum Gasteiger partial charge on any atom is -0.336 e. The highest BCUT2D eigenvalue weighted by atomic mass is 32.1. The third-order valence-electron chi connectivity index (χ3n) is 5.78. The minimum absolute atomic E-state index is 0.147. The summed E-state index contributed by atoms with van der Waals surface area (Å²) in [6.45, 7) is 1.55. The Hall–Kier alpha value is -2.21. The number of imidazole rings is 1. The van der Waals surface area contributed by atoms with Gasteiger partial charge < -0.3 is 9.47 Å². The molecule has 1 unspecified atom stereocenters. The molecule has 5 rings (SSSR count). The van der Waals surface area contributed by atoms with Gasteiger partial charge in [-0.25, -0.2) is 9.97 Å². The Morgan fingerprint density at radius 3 is 2.88 bits per heavy atom. The Kier molecular flexibility index (Phi) is 4.00. The molecular formula is C20H22N4OS. The highest BCUT2D eigenvalue weighted by Gasteiger charge is 2.33. The van der Waals surface area contributed by atoms with E-state index in [1.807, 2.05) is 34.0 Å². The van der Waals surface area contributed by atoms with E-state index >= 15 is 0 Å². The van der Waals surface area contributed by atoms with Crippen LogP contribution in [0.25, 0.3) is 11.2 Å². The van der Waals surface area contributed by atoms with Crippen molar-refractivity contribution in [2.24, 2.45) is 0 Å². The van der Waals surface area contributed by atoms with Crippen LogP contribution in [-0.4, -0.2) is 38.4 Å². The van der Waals surface area contributed by atoms with Crippen molar-refractivity contribution in [2.75, 3.05) is 13.1 Å². The van der Waals surface area contributed by atoms with Gasteiger partial charge in [0, 0.05) is 30.6 Å². The van der Waals surface area contributed by atoms with E-state index < -0.39 is 0 Å². The number of aromatic nitrogens is 3. The number of rotatable bonds is 3. The van der Waals surface area contributed by atoms with Crippen molar-refractivity contribution < 1.29 is 4.79 Å². The van der Waals surface area contributed by atoms with Crippen LogP contribution in [0.5, 0.6) is 0 Å². The Balaban J connectivity index is 1.49. The van der Waals surface area contributed by atoms with Gasteiger partial charge in [-0.2, -0.15) is 11.3 Å². The number of carbonyl (C=O) groups excluding carboxylic acids is 1. The van der Waals surface area contributed by atoms with Gasteiger partial charge in [-0.05, 0) is 42.8 Å². The second kappa shape index (κ2) is 6.50. The molecule has 0 N–H and O–H groups in total. The zero-order valence-electron chi connectivity index (χ0n) is 14.7. The molecule has 1 aliphatic carbocycles. The monoisotopic (exact) mass is 366 g/mol. The average Bonchev–Trinajstić information content (AvgIpc) is 3.47. The number of hydrogen-bond acceptors (Lipinski definition) is 4. The summed E-state index contributed by atoms with van der Waals surface area (Å²) in [4.78, 5) is 24.3. The van der Waals surface area contributed by atoms with Crippen LogP contribution in [0.1, 0.15) is 60.2 Å². The van der Waals surface area contributed by atoms with Crippen molar-refractivity contribution in [1.29, 1.82) is 0 Å². The molecule has 0 radical (unpaired) electrons. The predicted octanol–water partition coefficient (Wildman–Crippen LogP) is 4.24. The van der Waals surface area contributed by atoms with Crippen LogP contribution in [0.2, 0.25) is 0 Å². The number of likely N-dealkylation sites (tertiary alicyclic amines) is 1. The van der Waals surface area contributed by atoms with Crippen LogP contribution < -0.4 is 0 Å². The first-order valence-corrected chi connectivity index (χ1v) is 10.4. The lowest BCUT2D eigenvalue weighted by Crippen LogP contribution is -2.29. The molecule has 1 saturated heterocycles. The Morgan fingerprint density at radius 1 is 1.19 bits per heavy atom. The van der Waals surface area contributed by atoms with E-state index in [2.05, 4.69) is 15.6 Å². The van der Waals surface area contributed by atoms with E-state index in [4.69, 9.17) is 4.98 Å². The number of carbonyl (C=O) groups is 1. The fraction of sp³-hybridized carbons (Fsp3) is 0.450. The normalized spacial score (nSPS) is 21.1. The molecule has 6 heteroatoms. The van der Waals surface area contributed by atoms with Gasteiger partial charge in [0.15, 0.2) is 5.65 Å². The Bertz CT molecular complexity index is 927.